The second-order valence-electron chi connectivity index (χ2n) is 15.7. The Morgan fingerprint density at radius 3 is 1.67 bits per heavy atom. The lowest BCUT2D eigenvalue weighted by Crippen LogP contribution is -2.16. The van der Waals surface area contributed by atoms with Gasteiger partial charge >= 0.3 is 0 Å². The van der Waals surface area contributed by atoms with E-state index in [9.17, 15) is 0 Å². The molecule has 0 unspecified atom stereocenters. The van der Waals surface area contributed by atoms with E-state index in [1.54, 1.807) is 0 Å². The molecule has 0 N–H and O–H groups in total. The molecule has 0 fully saturated rings. The number of thiophene rings is 1. The Kier molecular flexibility index (Phi) is 7.77. The van der Waals surface area contributed by atoms with Crippen molar-refractivity contribution in [2.45, 2.75) is 19.3 Å². The second kappa shape index (κ2) is 13.2. The average molecular weight is 746 g/mol. The Balaban J connectivity index is 1.12. The van der Waals surface area contributed by atoms with Gasteiger partial charge in [0.25, 0.3) is 0 Å². The summed E-state index contributed by atoms with van der Waals surface area (Å²) in [5, 5.41) is 5.26. The lowest BCUT2D eigenvalue weighted by Gasteiger charge is -2.29. The molecule has 1 nitrogen and oxygen atoms in total. The molecule has 0 radical (unpaired) electrons. The molecule has 10 aromatic rings. The smallest absolute Gasteiger partial charge is 0.0543 e. The van der Waals surface area contributed by atoms with Gasteiger partial charge in [0.05, 0.1) is 5.69 Å². The molecule has 0 atom stereocenters. The molecule has 1 aliphatic carbocycles. The molecule has 11 rings (SSSR count). The van der Waals surface area contributed by atoms with E-state index in [0.29, 0.717) is 0 Å². The van der Waals surface area contributed by atoms with Crippen molar-refractivity contribution in [3.8, 4) is 44.5 Å². The Hall–Kier alpha value is -6.74. The summed E-state index contributed by atoms with van der Waals surface area (Å²) in [6, 6.07) is 73.7. The van der Waals surface area contributed by atoms with Crippen LogP contribution in [0, 0.1) is 0 Å². The quantitative estimate of drug-likeness (QED) is 0.164. The van der Waals surface area contributed by atoms with Gasteiger partial charge in [-0.2, -0.15) is 0 Å². The minimum absolute atomic E-state index is 0.203. The lowest BCUT2D eigenvalue weighted by atomic mass is 9.79. The highest BCUT2D eigenvalue weighted by Gasteiger charge is 2.40. The van der Waals surface area contributed by atoms with Gasteiger partial charge in [0.2, 0.25) is 0 Å². The number of anilines is 3. The second-order valence-corrected chi connectivity index (χ2v) is 16.7. The summed E-state index contributed by atoms with van der Waals surface area (Å²) < 4.78 is 2.66. The van der Waals surface area contributed by atoms with E-state index >= 15 is 0 Å². The van der Waals surface area contributed by atoms with Crippen LogP contribution in [0.5, 0.6) is 0 Å². The largest absolute Gasteiger partial charge is 0.310 e. The molecule has 0 spiro atoms. The third-order valence-corrected chi connectivity index (χ3v) is 13.3. The molecule has 0 aliphatic heterocycles. The van der Waals surface area contributed by atoms with E-state index in [0.717, 1.165) is 11.4 Å². The number of rotatable bonds is 6. The fourth-order valence-corrected chi connectivity index (χ4v) is 10.6. The molecule has 1 aromatic heterocycles. The summed E-state index contributed by atoms with van der Waals surface area (Å²) in [4.78, 5) is 2.47. The molecule has 0 bridgehead atoms. The van der Waals surface area contributed by atoms with E-state index < -0.39 is 0 Å². The molecule has 0 saturated heterocycles. The maximum atomic E-state index is 2.47. The normalized spacial score (nSPS) is 12.9. The van der Waals surface area contributed by atoms with Crippen LogP contribution >= 0.6 is 11.3 Å². The molecule has 2 heteroatoms. The summed E-state index contributed by atoms with van der Waals surface area (Å²) in [6.07, 6.45) is 0. The first-order valence-corrected chi connectivity index (χ1v) is 20.6. The first kappa shape index (κ1) is 33.6. The molecule has 0 amide bonds. The van der Waals surface area contributed by atoms with Crippen LogP contribution in [0.1, 0.15) is 25.0 Å². The zero-order chi connectivity index (χ0) is 38.1. The van der Waals surface area contributed by atoms with Gasteiger partial charge in [-0.3, -0.25) is 0 Å². The first-order chi connectivity index (χ1) is 28.0. The summed E-state index contributed by atoms with van der Waals surface area (Å²) >= 11 is 1.88. The van der Waals surface area contributed by atoms with E-state index in [2.05, 4.69) is 219 Å². The van der Waals surface area contributed by atoms with Crippen LogP contribution < -0.4 is 4.90 Å². The van der Waals surface area contributed by atoms with Crippen LogP contribution in [0.3, 0.4) is 0 Å². The SMILES string of the molecule is CC1(C)c2cccc(N(c3ccc(-c4ccccc4)cc3)c3ccc(-c4cccc5c4sc4ccccc45)cc3)c2-c2cc(-c3ccccc3)c3ccccc3c21. The predicted octanol–water partition coefficient (Wildman–Crippen LogP) is 16.0. The Bertz CT molecular complexity index is 3120. The fraction of sp³-hybridized carbons (Fsp3) is 0.0545. The summed E-state index contributed by atoms with van der Waals surface area (Å²) in [7, 11) is 0. The first-order valence-electron chi connectivity index (χ1n) is 19.8. The average Bonchev–Trinajstić information content (AvgIpc) is 3.77. The van der Waals surface area contributed by atoms with Gasteiger partial charge in [0, 0.05) is 42.5 Å². The third kappa shape index (κ3) is 5.36. The van der Waals surface area contributed by atoms with Gasteiger partial charge in [-0.15, -0.1) is 11.3 Å². The molecule has 0 saturated carbocycles. The Labute approximate surface area is 337 Å². The van der Waals surface area contributed by atoms with Gasteiger partial charge in [-0.05, 0) is 103 Å². The van der Waals surface area contributed by atoms with Crippen LogP contribution in [0.4, 0.5) is 17.1 Å². The van der Waals surface area contributed by atoms with Gasteiger partial charge in [0.1, 0.15) is 0 Å². The van der Waals surface area contributed by atoms with Crippen LogP contribution in [-0.2, 0) is 5.41 Å². The van der Waals surface area contributed by atoms with Gasteiger partial charge in [-0.1, -0.05) is 172 Å². The number of benzene rings is 9. The number of nitrogens with zero attached hydrogens (tertiary/aromatic N) is 1. The summed E-state index contributed by atoms with van der Waals surface area (Å²) in [5.41, 5.74) is 16.0. The predicted molar refractivity (Wildman–Crippen MR) is 245 cm³/mol. The van der Waals surface area contributed by atoms with E-state index in [1.807, 2.05) is 11.3 Å². The van der Waals surface area contributed by atoms with Crippen molar-refractivity contribution in [3.63, 3.8) is 0 Å². The minimum atomic E-state index is -0.203. The molecular weight excluding hydrogens is 707 g/mol. The lowest BCUT2D eigenvalue weighted by molar-refractivity contribution is 0.666. The molecule has 1 heterocycles. The highest BCUT2D eigenvalue weighted by molar-refractivity contribution is 7.26. The van der Waals surface area contributed by atoms with Crippen molar-refractivity contribution in [2.24, 2.45) is 0 Å². The standard InChI is InChI=1S/C55H39NS/c1-55(2)49-24-14-25-50(52(49)48-35-47(38-17-7-4-8-18-38)43-19-9-10-21-45(43)53(48)55)56(40-31-27-37(28-32-40)36-15-5-3-6-16-36)41-33-29-39(30-34-41)42-22-13-23-46-44-20-11-12-26-51(44)57-54(42)46/h3-35H,1-2H3. The minimum Gasteiger partial charge on any atom is -0.310 e. The van der Waals surface area contributed by atoms with E-state index in [4.69, 9.17) is 0 Å². The maximum Gasteiger partial charge on any atom is 0.0543 e. The van der Waals surface area contributed by atoms with Crippen LogP contribution in [0.15, 0.2) is 200 Å². The number of hydrogen-bond acceptors (Lipinski definition) is 2. The fourth-order valence-electron chi connectivity index (χ4n) is 9.39. The zero-order valence-electron chi connectivity index (χ0n) is 31.9. The summed E-state index contributed by atoms with van der Waals surface area (Å²) in [5.74, 6) is 0. The Morgan fingerprint density at radius 1 is 0.404 bits per heavy atom. The van der Waals surface area contributed by atoms with Crippen molar-refractivity contribution in [2.75, 3.05) is 4.90 Å². The molecule has 9 aromatic carbocycles. The molecule has 1 aliphatic rings. The number of fused-ring (bicyclic) bond motifs is 8. The van der Waals surface area contributed by atoms with Crippen molar-refractivity contribution in [1.82, 2.24) is 0 Å². The summed E-state index contributed by atoms with van der Waals surface area (Å²) in [6.45, 7) is 4.80. The van der Waals surface area contributed by atoms with Gasteiger partial charge in [-0.25, -0.2) is 0 Å². The maximum absolute atomic E-state index is 2.47. The third-order valence-electron chi connectivity index (χ3n) is 12.1. The van der Waals surface area contributed by atoms with Crippen molar-refractivity contribution < 1.29 is 0 Å². The molecule has 57 heavy (non-hydrogen) atoms. The topological polar surface area (TPSA) is 3.24 Å². The van der Waals surface area contributed by atoms with Gasteiger partial charge < -0.3 is 4.90 Å². The van der Waals surface area contributed by atoms with E-state index in [-0.39, 0.29) is 5.41 Å². The Morgan fingerprint density at radius 2 is 0.947 bits per heavy atom. The van der Waals surface area contributed by atoms with Crippen molar-refractivity contribution >= 4 is 59.3 Å². The monoisotopic (exact) mass is 745 g/mol. The zero-order valence-corrected chi connectivity index (χ0v) is 32.7. The van der Waals surface area contributed by atoms with Crippen LogP contribution in [0.2, 0.25) is 0 Å². The van der Waals surface area contributed by atoms with Crippen LogP contribution in [0.25, 0.3) is 75.5 Å². The van der Waals surface area contributed by atoms with Crippen molar-refractivity contribution in [3.05, 3.63) is 211 Å². The molecule has 270 valence electrons. The van der Waals surface area contributed by atoms with Crippen LogP contribution in [-0.4, -0.2) is 0 Å². The highest BCUT2D eigenvalue weighted by atomic mass is 32.1. The highest BCUT2D eigenvalue weighted by Crippen LogP contribution is 2.57. The van der Waals surface area contributed by atoms with Gasteiger partial charge in [0.15, 0.2) is 0 Å². The van der Waals surface area contributed by atoms with E-state index in [1.165, 1.54) is 92.3 Å². The van der Waals surface area contributed by atoms with Crippen molar-refractivity contribution in [1.29, 1.82) is 0 Å². The number of hydrogen-bond donors (Lipinski definition) is 0. The molecular formula is C55H39NS.